The van der Waals surface area contributed by atoms with Crippen LogP contribution in [0.15, 0.2) is 24.3 Å². The van der Waals surface area contributed by atoms with Crippen LogP contribution in [0.4, 0.5) is 14.6 Å². The number of fused-ring (bicyclic) bond motifs is 1. The molecule has 0 radical (unpaired) electrons. The van der Waals surface area contributed by atoms with Crippen molar-refractivity contribution in [1.29, 1.82) is 0 Å². The highest BCUT2D eigenvalue weighted by Gasteiger charge is 2.27. The fourth-order valence-electron chi connectivity index (χ4n) is 3.47. The normalized spacial score (nSPS) is 17.4. The number of hydrogen-bond acceptors (Lipinski definition) is 4. The van der Waals surface area contributed by atoms with Gasteiger partial charge in [0.1, 0.15) is 17.5 Å². The van der Waals surface area contributed by atoms with Crippen LogP contribution in [0.2, 0.25) is 0 Å². The van der Waals surface area contributed by atoms with Crippen LogP contribution < -0.4 is 4.90 Å². The number of anilines is 1. The minimum atomic E-state index is -0.639. The lowest BCUT2D eigenvalue weighted by Crippen LogP contribution is -2.32. The van der Waals surface area contributed by atoms with Crippen LogP contribution >= 0.6 is 22.6 Å². The summed E-state index contributed by atoms with van der Waals surface area (Å²) in [5, 5.41) is 14.1. The molecule has 0 amide bonds. The van der Waals surface area contributed by atoms with Crippen LogP contribution in [0, 0.1) is 22.1 Å². The Kier molecular flexibility index (Phi) is 4.55. The molecule has 1 aliphatic heterocycles. The van der Waals surface area contributed by atoms with E-state index in [4.69, 9.17) is 4.98 Å². The molecule has 5 nitrogen and oxygen atoms in total. The molecule has 1 N–H and O–H groups in total. The van der Waals surface area contributed by atoms with Crippen LogP contribution in [0.3, 0.4) is 0 Å². The first-order chi connectivity index (χ1) is 12.5. The first kappa shape index (κ1) is 17.6. The lowest BCUT2D eigenvalue weighted by molar-refractivity contribution is 0.266. The van der Waals surface area contributed by atoms with Gasteiger partial charge in [0.05, 0.1) is 27.6 Å². The van der Waals surface area contributed by atoms with Crippen molar-refractivity contribution < 1.29 is 13.9 Å². The van der Waals surface area contributed by atoms with Gasteiger partial charge in [-0.2, -0.15) is 5.10 Å². The topological polar surface area (TPSA) is 53.7 Å². The van der Waals surface area contributed by atoms with E-state index in [0.29, 0.717) is 22.7 Å². The molecule has 1 aliphatic rings. The Morgan fingerprint density at radius 3 is 2.65 bits per heavy atom. The fraction of sp³-hybridized carbons (Fsp3) is 0.333. The predicted octanol–water partition coefficient (Wildman–Crippen LogP) is 3.55. The highest BCUT2D eigenvalue weighted by atomic mass is 127. The second-order valence-electron chi connectivity index (χ2n) is 6.46. The average molecular weight is 470 g/mol. The van der Waals surface area contributed by atoms with Crippen molar-refractivity contribution in [3.63, 3.8) is 0 Å². The minimum Gasteiger partial charge on any atom is -0.394 e. The number of aliphatic hydroxyl groups is 1. The summed E-state index contributed by atoms with van der Waals surface area (Å²) in [5.74, 6) is -0.592. The molecular formula is C18H17F2IN4O. The molecular weight excluding hydrogens is 453 g/mol. The largest absolute Gasteiger partial charge is 0.394 e. The van der Waals surface area contributed by atoms with Gasteiger partial charge in [-0.15, -0.1) is 0 Å². The lowest BCUT2D eigenvalue weighted by Gasteiger charge is -2.25. The molecule has 1 aromatic carbocycles. The van der Waals surface area contributed by atoms with Crippen molar-refractivity contribution in [3.05, 3.63) is 45.2 Å². The number of halogens is 3. The second-order valence-corrected chi connectivity index (χ2v) is 7.54. The number of aromatic nitrogens is 3. The van der Waals surface area contributed by atoms with Gasteiger partial charge in [-0.05, 0) is 54.5 Å². The van der Waals surface area contributed by atoms with Crippen LogP contribution in [0.1, 0.15) is 18.5 Å². The van der Waals surface area contributed by atoms with Gasteiger partial charge in [-0.25, -0.2) is 18.3 Å². The van der Waals surface area contributed by atoms with E-state index in [1.54, 1.807) is 10.6 Å². The molecule has 0 saturated carbocycles. The van der Waals surface area contributed by atoms with Gasteiger partial charge >= 0.3 is 0 Å². The third-order valence-corrected chi connectivity index (χ3v) is 5.98. The summed E-state index contributed by atoms with van der Waals surface area (Å²) >= 11 is 2.18. The number of nitrogens with zero attached hydrogens (tertiary/aromatic N) is 4. The van der Waals surface area contributed by atoms with Crippen LogP contribution in [0.25, 0.3) is 16.9 Å². The number of aliphatic hydroxyl groups excluding tert-OH is 1. The fourth-order valence-corrected chi connectivity index (χ4v) is 3.92. The van der Waals surface area contributed by atoms with E-state index in [0.717, 1.165) is 34.7 Å². The zero-order valence-electron chi connectivity index (χ0n) is 14.1. The van der Waals surface area contributed by atoms with Crippen LogP contribution in [-0.4, -0.2) is 38.9 Å². The molecule has 0 bridgehead atoms. The van der Waals surface area contributed by atoms with Gasteiger partial charge in [0, 0.05) is 24.2 Å². The van der Waals surface area contributed by atoms with Gasteiger partial charge in [-0.3, -0.25) is 0 Å². The van der Waals surface area contributed by atoms with Crippen LogP contribution in [-0.2, 0) is 0 Å². The molecule has 4 rings (SSSR count). The lowest BCUT2D eigenvalue weighted by atomic mass is 10.1. The number of aryl methyl sites for hydroxylation is 1. The Balaban J connectivity index is 1.97. The van der Waals surface area contributed by atoms with Crippen molar-refractivity contribution in [2.45, 2.75) is 25.8 Å². The van der Waals surface area contributed by atoms with Gasteiger partial charge in [0.25, 0.3) is 0 Å². The molecule has 0 spiro atoms. The third kappa shape index (κ3) is 2.94. The summed E-state index contributed by atoms with van der Waals surface area (Å²) in [6, 6.07) is 5.22. The molecule has 1 atom stereocenters. The first-order valence-corrected chi connectivity index (χ1v) is 9.45. The van der Waals surface area contributed by atoms with Gasteiger partial charge in [0.2, 0.25) is 0 Å². The van der Waals surface area contributed by atoms with E-state index in [-0.39, 0.29) is 12.6 Å². The monoisotopic (exact) mass is 470 g/mol. The van der Waals surface area contributed by atoms with Crippen molar-refractivity contribution >= 4 is 34.1 Å². The van der Waals surface area contributed by atoms with E-state index in [1.807, 2.05) is 6.92 Å². The van der Waals surface area contributed by atoms with E-state index < -0.39 is 11.6 Å². The van der Waals surface area contributed by atoms with Crippen molar-refractivity contribution in [2.75, 3.05) is 18.1 Å². The molecule has 2 aromatic heterocycles. The maximum absolute atomic E-state index is 13.8. The van der Waals surface area contributed by atoms with E-state index >= 15 is 0 Å². The number of benzene rings is 1. The smallest absolute Gasteiger partial charge is 0.171 e. The molecule has 3 heterocycles. The average Bonchev–Trinajstić information content (AvgIpc) is 3.18. The highest BCUT2D eigenvalue weighted by Crippen LogP contribution is 2.31. The molecule has 3 aromatic rings. The third-order valence-electron chi connectivity index (χ3n) is 4.72. The van der Waals surface area contributed by atoms with Gasteiger partial charge < -0.3 is 10.0 Å². The van der Waals surface area contributed by atoms with Crippen molar-refractivity contribution in [3.8, 4) is 11.3 Å². The Morgan fingerprint density at radius 2 is 1.96 bits per heavy atom. The van der Waals surface area contributed by atoms with Crippen molar-refractivity contribution in [2.24, 2.45) is 0 Å². The quantitative estimate of drug-likeness (QED) is 0.596. The summed E-state index contributed by atoms with van der Waals surface area (Å²) < 4.78 is 30.1. The SMILES string of the molecule is Cc1nn2c(-c3cc(F)cc(F)c3)cc(N3CCCC3CO)nc2c1I. The predicted molar refractivity (Wildman–Crippen MR) is 103 cm³/mol. The number of hydrogen-bond donors (Lipinski definition) is 1. The summed E-state index contributed by atoms with van der Waals surface area (Å²) in [6.45, 7) is 2.71. The van der Waals surface area contributed by atoms with Crippen LogP contribution in [0.5, 0.6) is 0 Å². The van der Waals surface area contributed by atoms with E-state index in [2.05, 4.69) is 32.6 Å². The summed E-state index contributed by atoms with van der Waals surface area (Å²) in [4.78, 5) is 6.78. The minimum absolute atomic E-state index is 0.00345. The van der Waals surface area contributed by atoms with E-state index in [9.17, 15) is 13.9 Å². The maximum atomic E-state index is 13.8. The second kappa shape index (κ2) is 6.73. The first-order valence-electron chi connectivity index (χ1n) is 8.38. The molecule has 136 valence electrons. The summed E-state index contributed by atoms with van der Waals surface area (Å²) in [7, 11) is 0. The van der Waals surface area contributed by atoms with Gasteiger partial charge in [-0.1, -0.05) is 0 Å². The van der Waals surface area contributed by atoms with E-state index in [1.165, 1.54) is 12.1 Å². The highest BCUT2D eigenvalue weighted by molar-refractivity contribution is 14.1. The number of rotatable bonds is 3. The zero-order chi connectivity index (χ0) is 18.4. The zero-order valence-corrected chi connectivity index (χ0v) is 16.2. The van der Waals surface area contributed by atoms with Gasteiger partial charge in [0.15, 0.2) is 5.65 Å². The molecule has 1 unspecified atom stereocenters. The summed E-state index contributed by atoms with van der Waals surface area (Å²) in [5.41, 5.74) is 2.41. The Bertz CT molecular complexity index is 971. The molecule has 8 heteroatoms. The Labute approximate surface area is 162 Å². The molecule has 1 fully saturated rings. The Hall–Kier alpha value is -1.81. The molecule has 0 aliphatic carbocycles. The molecule has 26 heavy (non-hydrogen) atoms. The maximum Gasteiger partial charge on any atom is 0.171 e. The Morgan fingerprint density at radius 1 is 1.23 bits per heavy atom. The van der Waals surface area contributed by atoms with Crippen molar-refractivity contribution in [1.82, 2.24) is 14.6 Å². The summed E-state index contributed by atoms with van der Waals surface area (Å²) in [6.07, 6.45) is 1.86. The standard InChI is InChI=1S/C18H17F2IN4O/c1-10-17(21)18-22-16(24-4-2-3-14(24)9-26)8-15(25(18)23-10)11-5-12(19)7-13(20)6-11/h5-8,14,26H,2-4,9H2,1H3. The molecule has 1 saturated heterocycles.